The highest BCUT2D eigenvalue weighted by molar-refractivity contribution is 6.20. The fourth-order valence-corrected chi connectivity index (χ4v) is 2.26. The van der Waals surface area contributed by atoms with Gasteiger partial charge in [-0.05, 0) is 31.0 Å². The van der Waals surface area contributed by atoms with Crippen LogP contribution in [0.5, 0.6) is 0 Å². The number of aliphatic imine (C=N–C) groups is 1. The molecule has 3 rings (SSSR count). The van der Waals surface area contributed by atoms with E-state index in [9.17, 15) is 4.79 Å². The minimum atomic E-state index is 0.0951. The van der Waals surface area contributed by atoms with Crippen LogP contribution >= 0.6 is 0 Å². The van der Waals surface area contributed by atoms with Crippen LogP contribution in [0.25, 0.3) is 0 Å². The Morgan fingerprint density at radius 2 is 1.95 bits per heavy atom. The molecule has 0 aliphatic carbocycles. The molecular weight excluding hydrogens is 236 g/mol. The van der Waals surface area contributed by atoms with Gasteiger partial charge in [-0.15, -0.1) is 0 Å². The van der Waals surface area contributed by atoms with E-state index in [1.165, 1.54) is 0 Å². The van der Waals surface area contributed by atoms with Crippen LogP contribution in [0.4, 0.5) is 5.82 Å². The predicted octanol–water partition coefficient (Wildman–Crippen LogP) is 3.41. The second-order valence-electron chi connectivity index (χ2n) is 4.91. The van der Waals surface area contributed by atoms with Gasteiger partial charge in [0.2, 0.25) is 0 Å². The summed E-state index contributed by atoms with van der Waals surface area (Å²) in [6.45, 7) is 3.96. The Bertz CT molecular complexity index is 702. The molecule has 1 aliphatic heterocycles. The molecule has 0 bridgehead atoms. The van der Waals surface area contributed by atoms with Crippen molar-refractivity contribution in [1.82, 2.24) is 4.98 Å². The highest BCUT2D eigenvalue weighted by Gasteiger charge is 2.21. The fourth-order valence-electron chi connectivity index (χ4n) is 2.26. The Balaban J connectivity index is 2.11. The van der Waals surface area contributed by atoms with Gasteiger partial charge in [0.15, 0.2) is 11.6 Å². The summed E-state index contributed by atoms with van der Waals surface area (Å²) < 4.78 is 0. The van der Waals surface area contributed by atoms with Crippen molar-refractivity contribution < 1.29 is 4.79 Å². The topological polar surface area (TPSA) is 42.3 Å². The lowest BCUT2D eigenvalue weighted by atomic mass is 9.96. The Morgan fingerprint density at radius 1 is 1.11 bits per heavy atom. The van der Waals surface area contributed by atoms with Crippen molar-refractivity contribution in [2.45, 2.75) is 20.3 Å². The molecular formula is C16H14N2O. The van der Waals surface area contributed by atoms with Crippen LogP contribution in [-0.2, 0) is 0 Å². The van der Waals surface area contributed by atoms with Gasteiger partial charge in [0.25, 0.3) is 0 Å². The third-order valence-electron chi connectivity index (χ3n) is 3.22. The molecule has 1 aromatic heterocycles. The zero-order valence-electron chi connectivity index (χ0n) is 11.0. The number of ketones is 1. The molecule has 19 heavy (non-hydrogen) atoms. The molecule has 0 unspecified atom stereocenters. The molecule has 0 atom stereocenters. The molecule has 0 fully saturated rings. The lowest BCUT2D eigenvalue weighted by Gasteiger charge is -2.14. The van der Waals surface area contributed by atoms with Crippen molar-refractivity contribution in [2.75, 3.05) is 0 Å². The highest BCUT2D eigenvalue weighted by atomic mass is 16.1. The summed E-state index contributed by atoms with van der Waals surface area (Å²) in [5.41, 5.74) is 4.59. The summed E-state index contributed by atoms with van der Waals surface area (Å²) in [7, 11) is 0. The molecule has 2 aromatic rings. The number of hydrogen-bond acceptors (Lipinski definition) is 3. The van der Waals surface area contributed by atoms with Crippen molar-refractivity contribution in [2.24, 2.45) is 4.99 Å². The number of carbonyl (C=O) groups excluding carboxylic acids is 1. The number of rotatable bonds is 1. The maximum atomic E-state index is 12.2. The SMILES string of the molecule is Cc1cccc(C2=Nc3ncc(C)cc3C(=O)C2)c1. The van der Waals surface area contributed by atoms with Crippen molar-refractivity contribution in [3.8, 4) is 0 Å². The number of nitrogens with zero attached hydrogens (tertiary/aromatic N) is 2. The number of hydrogen-bond donors (Lipinski definition) is 0. The number of aryl methyl sites for hydroxylation is 2. The molecule has 94 valence electrons. The van der Waals surface area contributed by atoms with Gasteiger partial charge < -0.3 is 0 Å². The fraction of sp³-hybridized carbons (Fsp3) is 0.188. The number of carbonyl (C=O) groups is 1. The monoisotopic (exact) mass is 250 g/mol. The van der Waals surface area contributed by atoms with Gasteiger partial charge in [-0.2, -0.15) is 0 Å². The van der Waals surface area contributed by atoms with Crippen LogP contribution in [0.3, 0.4) is 0 Å². The first kappa shape index (κ1) is 11.8. The Morgan fingerprint density at radius 3 is 2.74 bits per heavy atom. The second-order valence-corrected chi connectivity index (χ2v) is 4.91. The lowest BCUT2D eigenvalue weighted by molar-refractivity contribution is 0.0999. The zero-order chi connectivity index (χ0) is 13.4. The molecule has 0 saturated heterocycles. The van der Waals surface area contributed by atoms with Gasteiger partial charge in [-0.25, -0.2) is 9.98 Å². The first-order valence-electron chi connectivity index (χ1n) is 6.28. The quantitative estimate of drug-likeness (QED) is 0.778. The van der Waals surface area contributed by atoms with Crippen LogP contribution in [0, 0.1) is 13.8 Å². The second kappa shape index (κ2) is 4.43. The molecule has 0 N–H and O–H groups in total. The van der Waals surface area contributed by atoms with E-state index >= 15 is 0 Å². The summed E-state index contributed by atoms with van der Waals surface area (Å²) in [5.74, 6) is 0.635. The first-order valence-corrected chi connectivity index (χ1v) is 6.28. The third-order valence-corrected chi connectivity index (χ3v) is 3.22. The Hall–Kier alpha value is -2.29. The van der Waals surface area contributed by atoms with E-state index in [-0.39, 0.29) is 5.78 Å². The average Bonchev–Trinajstić information content (AvgIpc) is 2.39. The van der Waals surface area contributed by atoms with Gasteiger partial charge in [0, 0.05) is 6.20 Å². The van der Waals surface area contributed by atoms with Crippen LogP contribution < -0.4 is 0 Å². The van der Waals surface area contributed by atoms with Crippen LogP contribution in [-0.4, -0.2) is 16.5 Å². The molecule has 3 heteroatoms. The van der Waals surface area contributed by atoms with E-state index in [4.69, 9.17) is 0 Å². The minimum absolute atomic E-state index is 0.0951. The number of Topliss-reactive ketones (excluding diaryl/α,β-unsaturated/α-hetero) is 1. The molecule has 0 radical (unpaired) electrons. The van der Waals surface area contributed by atoms with Crippen molar-refractivity contribution >= 4 is 17.3 Å². The van der Waals surface area contributed by atoms with E-state index in [1.807, 2.05) is 44.2 Å². The normalized spacial score (nSPS) is 14.0. The molecule has 0 spiro atoms. The summed E-state index contributed by atoms with van der Waals surface area (Å²) in [6.07, 6.45) is 2.09. The summed E-state index contributed by atoms with van der Waals surface area (Å²) >= 11 is 0. The van der Waals surface area contributed by atoms with Crippen LogP contribution in [0.1, 0.15) is 33.5 Å². The number of benzene rings is 1. The maximum absolute atomic E-state index is 12.2. The molecule has 3 nitrogen and oxygen atoms in total. The van der Waals surface area contributed by atoms with Crippen LogP contribution in [0.2, 0.25) is 0 Å². The number of aromatic nitrogens is 1. The third kappa shape index (κ3) is 2.19. The van der Waals surface area contributed by atoms with E-state index in [1.54, 1.807) is 6.20 Å². The highest BCUT2D eigenvalue weighted by Crippen LogP contribution is 2.26. The number of pyridine rings is 1. The Kier molecular flexibility index (Phi) is 2.75. The largest absolute Gasteiger partial charge is 0.294 e. The van der Waals surface area contributed by atoms with Gasteiger partial charge in [0.1, 0.15) is 0 Å². The maximum Gasteiger partial charge on any atom is 0.172 e. The predicted molar refractivity (Wildman–Crippen MR) is 75.3 cm³/mol. The van der Waals surface area contributed by atoms with Crippen molar-refractivity contribution in [1.29, 1.82) is 0 Å². The molecule has 0 saturated carbocycles. The molecule has 1 aromatic carbocycles. The number of fused-ring (bicyclic) bond motifs is 1. The van der Waals surface area contributed by atoms with Gasteiger partial charge >= 0.3 is 0 Å². The smallest absolute Gasteiger partial charge is 0.172 e. The van der Waals surface area contributed by atoms with E-state index in [0.29, 0.717) is 17.8 Å². The van der Waals surface area contributed by atoms with Crippen molar-refractivity contribution in [3.63, 3.8) is 0 Å². The summed E-state index contributed by atoms with van der Waals surface area (Å²) in [4.78, 5) is 21.0. The first-order chi connectivity index (χ1) is 9.13. The Labute approximate surface area is 112 Å². The molecule has 2 heterocycles. The van der Waals surface area contributed by atoms with E-state index in [0.717, 1.165) is 22.4 Å². The van der Waals surface area contributed by atoms with E-state index < -0.39 is 0 Å². The van der Waals surface area contributed by atoms with Crippen LogP contribution in [0.15, 0.2) is 41.5 Å². The lowest BCUT2D eigenvalue weighted by Crippen LogP contribution is -2.15. The standard InChI is InChI=1S/C16H14N2O/c1-10-4-3-5-12(6-10)14-8-15(19)13-7-11(2)9-17-16(13)18-14/h3-7,9H,8H2,1-2H3. The van der Waals surface area contributed by atoms with E-state index in [2.05, 4.69) is 9.98 Å². The van der Waals surface area contributed by atoms with Gasteiger partial charge in [0.05, 0.1) is 17.7 Å². The summed E-state index contributed by atoms with van der Waals surface area (Å²) in [5, 5.41) is 0. The summed E-state index contributed by atoms with van der Waals surface area (Å²) in [6, 6.07) is 9.91. The zero-order valence-corrected chi connectivity index (χ0v) is 11.0. The minimum Gasteiger partial charge on any atom is -0.294 e. The average molecular weight is 250 g/mol. The van der Waals surface area contributed by atoms with Gasteiger partial charge in [-0.1, -0.05) is 29.8 Å². The molecule has 1 aliphatic rings. The molecule has 0 amide bonds. The van der Waals surface area contributed by atoms with Gasteiger partial charge in [-0.3, -0.25) is 4.79 Å². The van der Waals surface area contributed by atoms with Crippen molar-refractivity contribution in [3.05, 3.63) is 58.8 Å².